The number of rotatable bonds is 4. The monoisotopic (exact) mass is 288 g/mol. The van der Waals surface area contributed by atoms with Gasteiger partial charge in [0.15, 0.2) is 0 Å². The number of carbonyl (C=O) groups excluding carboxylic acids is 1. The standard InChI is InChI=1S/C14H12N2OS2/c1-2-18-12-5-3-4-10(8-12)13(17)16-14-11(9-15)6-7-19-14/h3-8H,2H2,1H3,(H,16,17). The Morgan fingerprint density at radius 1 is 1.47 bits per heavy atom. The highest BCUT2D eigenvalue weighted by atomic mass is 32.2. The number of hydrogen-bond acceptors (Lipinski definition) is 4. The predicted octanol–water partition coefficient (Wildman–Crippen LogP) is 3.98. The Bertz CT molecular complexity index is 628. The maximum atomic E-state index is 12.1. The van der Waals surface area contributed by atoms with Crippen molar-refractivity contribution in [2.24, 2.45) is 0 Å². The van der Waals surface area contributed by atoms with Gasteiger partial charge in [-0.1, -0.05) is 13.0 Å². The minimum Gasteiger partial charge on any atom is -0.312 e. The summed E-state index contributed by atoms with van der Waals surface area (Å²) in [6, 6.07) is 11.2. The van der Waals surface area contributed by atoms with Gasteiger partial charge in [-0.3, -0.25) is 4.79 Å². The minimum atomic E-state index is -0.183. The Labute approximate surface area is 120 Å². The van der Waals surface area contributed by atoms with E-state index in [1.54, 1.807) is 29.3 Å². The molecular weight excluding hydrogens is 276 g/mol. The van der Waals surface area contributed by atoms with Crippen molar-refractivity contribution >= 4 is 34.0 Å². The third-order valence-electron chi connectivity index (χ3n) is 2.42. The number of benzene rings is 1. The highest BCUT2D eigenvalue weighted by molar-refractivity contribution is 7.99. The van der Waals surface area contributed by atoms with Gasteiger partial charge < -0.3 is 5.32 Å². The molecule has 0 aliphatic carbocycles. The van der Waals surface area contributed by atoms with Crippen LogP contribution in [0.2, 0.25) is 0 Å². The molecule has 1 heterocycles. The van der Waals surface area contributed by atoms with E-state index in [1.165, 1.54) is 11.3 Å². The van der Waals surface area contributed by atoms with Crippen molar-refractivity contribution in [1.29, 1.82) is 5.26 Å². The van der Waals surface area contributed by atoms with Crippen LogP contribution in [-0.2, 0) is 0 Å². The lowest BCUT2D eigenvalue weighted by Crippen LogP contribution is -2.11. The highest BCUT2D eigenvalue weighted by Crippen LogP contribution is 2.24. The lowest BCUT2D eigenvalue weighted by Gasteiger charge is -2.05. The van der Waals surface area contributed by atoms with E-state index in [2.05, 4.69) is 18.3 Å². The summed E-state index contributed by atoms with van der Waals surface area (Å²) < 4.78 is 0. The fraction of sp³-hybridized carbons (Fsp3) is 0.143. The molecule has 0 aliphatic rings. The Morgan fingerprint density at radius 3 is 3.05 bits per heavy atom. The summed E-state index contributed by atoms with van der Waals surface area (Å²) in [6.45, 7) is 2.07. The number of nitriles is 1. The van der Waals surface area contributed by atoms with Crippen LogP contribution >= 0.6 is 23.1 Å². The SMILES string of the molecule is CCSc1cccc(C(=O)Nc2sccc2C#N)c1. The van der Waals surface area contributed by atoms with Crippen molar-refractivity contribution < 1.29 is 4.79 Å². The summed E-state index contributed by atoms with van der Waals surface area (Å²) in [5.74, 6) is 0.784. The number of nitrogens with zero attached hydrogens (tertiary/aromatic N) is 1. The third kappa shape index (κ3) is 3.37. The average Bonchev–Trinajstić information content (AvgIpc) is 2.86. The third-order valence-corrected chi connectivity index (χ3v) is 4.13. The molecule has 1 amide bonds. The van der Waals surface area contributed by atoms with Gasteiger partial charge in [0.05, 0.1) is 5.56 Å². The largest absolute Gasteiger partial charge is 0.312 e. The molecule has 0 aliphatic heterocycles. The molecule has 2 rings (SSSR count). The number of nitrogens with one attached hydrogen (secondary N) is 1. The van der Waals surface area contributed by atoms with Crippen molar-refractivity contribution in [2.45, 2.75) is 11.8 Å². The fourth-order valence-corrected chi connectivity index (χ4v) is 3.01. The molecule has 1 aromatic carbocycles. The zero-order chi connectivity index (χ0) is 13.7. The molecule has 0 saturated heterocycles. The van der Waals surface area contributed by atoms with E-state index >= 15 is 0 Å². The maximum absolute atomic E-state index is 12.1. The zero-order valence-corrected chi connectivity index (χ0v) is 12.0. The second kappa shape index (κ2) is 6.41. The minimum absolute atomic E-state index is 0.183. The first kappa shape index (κ1) is 13.7. The second-order valence-corrected chi connectivity index (χ2v) is 5.94. The van der Waals surface area contributed by atoms with Gasteiger partial charge in [0, 0.05) is 10.5 Å². The molecule has 1 N–H and O–H groups in total. The van der Waals surface area contributed by atoms with Crippen LogP contribution in [0.5, 0.6) is 0 Å². The second-order valence-electron chi connectivity index (χ2n) is 3.69. The summed E-state index contributed by atoms with van der Waals surface area (Å²) >= 11 is 3.04. The van der Waals surface area contributed by atoms with E-state index in [0.29, 0.717) is 16.1 Å². The first-order valence-corrected chi connectivity index (χ1v) is 7.63. The van der Waals surface area contributed by atoms with Crippen LogP contribution in [0.3, 0.4) is 0 Å². The Morgan fingerprint density at radius 2 is 2.32 bits per heavy atom. The van der Waals surface area contributed by atoms with Crippen LogP contribution in [0.25, 0.3) is 0 Å². The molecule has 0 atom stereocenters. The van der Waals surface area contributed by atoms with Crippen molar-refractivity contribution in [3.63, 3.8) is 0 Å². The van der Waals surface area contributed by atoms with Crippen molar-refractivity contribution in [3.8, 4) is 6.07 Å². The van der Waals surface area contributed by atoms with Crippen LogP contribution < -0.4 is 5.32 Å². The van der Waals surface area contributed by atoms with Crippen LogP contribution in [0, 0.1) is 11.3 Å². The molecule has 0 spiro atoms. The number of anilines is 1. The molecular formula is C14H12N2OS2. The topological polar surface area (TPSA) is 52.9 Å². The molecule has 96 valence electrons. The molecule has 5 heteroatoms. The van der Waals surface area contributed by atoms with Gasteiger partial charge in [-0.15, -0.1) is 23.1 Å². The molecule has 2 aromatic rings. The lowest BCUT2D eigenvalue weighted by atomic mass is 10.2. The van der Waals surface area contributed by atoms with E-state index in [1.807, 2.05) is 18.2 Å². The number of amides is 1. The number of hydrogen-bond donors (Lipinski definition) is 1. The fourth-order valence-electron chi connectivity index (χ4n) is 1.56. The van der Waals surface area contributed by atoms with Gasteiger partial charge in [0.25, 0.3) is 5.91 Å². The van der Waals surface area contributed by atoms with Gasteiger partial charge >= 0.3 is 0 Å². The summed E-state index contributed by atoms with van der Waals surface area (Å²) in [7, 11) is 0. The highest BCUT2D eigenvalue weighted by Gasteiger charge is 2.10. The average molecular weight is 288 g/mol. The number of carbonyl (C=O) groups is 1. The van der Waals surface area contributed by atoms with E-state index in [9.17, 15) is 4.79 Å². The molecule has 0 saturated carbocycles. The lowest BCUT2D eigenvalue weighted by molar-refractivity contribution is 0.102. The van der Waals surface area contributed by atoms with Gasteiger partial charge in [-0.2, -0.15) is 5.26 Å². The Hall–Kier alpha value is -1.77. The summed E-state index contributed by atoms with van der Waals surface area (Å²) in [4.78, 5) is 13.2. The van der Waals surface area contributed by atoms with Crippen molar-refractivity contribution in [3.05, 3.63) is 46.8 Å². The van der Waals surface area contributed by atoms with Crippen LogP contribution in [0.4, 0.5) is 5.00 Å². The van der Waals surface area contributed by atoms with E-state index in [-0.39, 0.29) is 5.91 Å². The van der Waals surface area contributed by atoms with Gasteiger partial charge in [0.2, 0.25) is 0 Å². The van der Waals surface area contributed by atoms with E-state index in [4.69, 9.17) is 5.26 Å². The molecule has 0 unspecified atom stereocenters. The predicted molar refractivity (Wildman–Crippen MR) is 79.8 cm³/mol. The summed E-state index contributed by atoms with van der Waals surface area (Å²) in [5, 5.41) is 14.1. The van der Waals surface area contributed by atoms with Crippen LogP contribution in [0.15, 0.2) is 40.6 Å². The Kier molecular flexibility index (Phi) is 4.61. The van der Waals surface area contributed by atoms with Crippen molar-refractivity contribution in [1.82, 2.24) is 0 Å². The van der Waals surface area contributed by atoms with Crippen LogP contribution in [-0.4, -0.2) is 11.7 Å². The van der Waals surface area contributed by atoms with E-state index < -0.39 is 0 Å². The van der Waals surface area contributed by atoms with Gasteiger partial charge in [0.1, 0.15) is 11.1 Å². The quantitative estimate of drug-likeness (QED) is 0.866. The van der Waals surface area contributed by atoms with E-state index in [0.717, 1.165) is 10.6 Å². The molecule has 19 heavy (non-hydrogen) atoms. The van der Waals surface area contributed by atoms with Gasteiger partial charge in [-0.05, 0) is 35.4 Å². The number of thiophene rings is 1. The maximum Gasteiger partial charge on any atom is 0.256 e. The number of thioether (sulfide) groups is 1. The normalized spacial score (nSPS) is 9.89. The summed E-state index contributed by atoms with van der Waals surface area (Å²) in [6.07, 6.45) is 0. The van der Waals surface area contributed by atoms with Crippen molar-refractivity contribution in [2.75, 3.05) is 11.1 Å². The zero-order valence-electron chi connectivity index (χ0n) is 10.3. The first-order chi connectivity index (χ1) is 9.24. The first-order valence-electron chi connectivity index (χ1n) is 5.76. The molecule has 0 radical (unpaired) electrons. The smallest absolute Gasteiger partial charge is 0.256 e. The molecule has 0 fully saturated rings. The Balaban J connectivity index is 2.16. The van der Waals surface area contributed by atoms with Crippen LogP contribution in [0.1, 0.15) is 22.8 Å². The molecule has 0 bridgehead atoms. The van der Waals surface area contributed by atoms with Gasteiger partial charge in [-0.25, -0.2) is 0 Å². The molecule has 3 nitrogen and oxygen atoms in total. The molecule has 1 aromatic heterocycles. The summed E-state index contributed by atoms with van der Waals surface area (Å²) in [5.41, 5.74) is 1.10.